The molecule has 1 saturated heterocycles. The third-order valence-electron chi connectivity index (χ3n) is 5.13. The summed E-state index contributed by atoms with van der Waals surface area (Å²) in [5.41, 5.74) is 2.58. The van der Waals surface area contributed by atoms with E-state index in [9.17, 15) is 4.79 Å². The highest BCUT2D eigenvalue weighted by molar-refractivity contribution is 5.95. The smallest absolute Gasteiger partial charge is 0.254 e. The van der Waals surface area contributed by atoms with Gasteiger partial charge in [0.05, 0.1) is 27.0 Å². The molecular weight excluding hydrogens is 362 g/mol. The van der Waals surface area contributed by atoms with Crippen LogP contribution in [0.4, 0.5) is 0 Å². The van der Waals surface area contributed by atoms with Gasteiger partial charge in [0.25, 0.3) is 5.91 Å². The largest absolute Gasteiger partial charge is 0.493 e. The second kappa shape index (κ2) is 8.52. The van der Waals surface area contributed by atoms with Gasteiger partial charge in [-0.05, 0) is 26.0 Å². The molecule has 2 aromatic rings. The van der Waals surface area contributed by atoms with E-state index in [2.05, 4.69) is 10.1 Å². The summed E-state index contributed by atoms with van der Waals surface area (Å²) in [4.78, 5) is 17.2. The fourth-order valence-electron chi connectivity index (χ4n) is 3.45. The van der Waals surface area contributed by atoms with Crippen LogP contribution in [0.15, 0.2) is 16.7 Å². The second-order valence-corrected chi connectivity index (χ2v) is 6.79. The van der Waals surface area contributed by atoms with Crippen LogP contribution in [0.5, 0.6) is 17.2 Å². The van der Waals surface area contributed by atoms with Crippen LogP contribution >= 0.6 is 0 Å². The Morgan fingerprint density at radius 1 is 1.04 bits per heavy atom. The highest BCUT2D eigenvalue weighted by atomic mass is 16.5. The molecule has 152 valence electrons. The lowest BCUT2D eigenvalue weighted by atomic mass is 10.1. The average molecular weight is 389 g/mol. The SMILES string of the molecule is COc1cc(C(=O)N2CCN(Cc3c(C)noc3C)CC2)cc(OC)c1OC. The van der Waals surface area contributed by atoms with Gasteiger partial charge in [-0.3, -0.25) is 9.69 Å². The van der Waals surface area contributed by atoms with Gasteiger partial charge in [0.15, 0.2) is 11.5 Å². The number of aromatic nitrogens is 1. The van der Waals surface area contributed by atoms with Gasteiger partial charge < -0.3 is 23.6 Å². The van der Waals surface area contributed by atoms with Gasteiger partial charge in [-0.1, -0.05) is 5.16 Å². The zero-order valence-electron chi connectivity index (χ0n) is 17.1. The van der Waals surface area contributed by atoms with Gasteiger partial charge in [-0.25, -0.2) is 0 Å². The van der Waals surface area contributed by atoms with Crippen LogP contribution in [0.2, 0.25) is 0 Å². The lowest BCUT2D eigenvalue weighted by Gasteiger charge is -2.34. The van der Waals surface area contributed by atoms with E-state index < -0.39 is 0 Å². The number of hydrogen-bond donors (Lipinski definition) is 0. The number of hydrogen-bond acceptors (Lipinski definition) is 7. The molecule has 1 aliphatic heterocycles. The highest BCUT2D eigenvalue weighted by Crippen LogP contribution is 2.38. The Labute approximate surface area is 164 Å². The van der Waals surface area contributed by atoms with Crippen LogP contribution in [0.1, 0.15) is 27.4 Å². The van der Waals surface area contributed by atoms with Crippen molar-refractivity contribution in [3.05, 3.63) is 34.7 Å². The van der Waals surface area contributed by atoms with E-state index in [0.29, 0.717) is 35.9 Å². The summed E-state index contributed by atoms with van der Waals surface area (Å²) < 4.78 is 21.3. The topological polar surface area (TPSA) is 77.3 Å². The Balaban J connectivity index is 1.68. The van der Waals surface area contributed by atoms with Crippen molar-refractivity contribution in [1.82, 2.24) is 15.0 Å². The Bertz CT molecular complexity index is 796. The van der Waals surface area contributed by atoms with E-state index in [-0.39, 0.29) is 5.91 Å². The minimum Gasteiger partial charge on any atom is -0.493 e. The van der Waals surface area contributed by atoms with Crippen LogP contribution in [-0.4, -0.2) is 68.4 Å². The Morgan fingerprint density at radius 3 is 2.11 bits per heavy atom. The van der Waals surface area contributed by atoms with Gasteiger partial charge in [0.1, 0.15) is 5.76 Å². The fourth-order valence-corrected chi connectivity index (χ4v) is 3.45. The summed E-state index contributed by atoms with van der Waals surface area (Å²) in [5.74, 6) is 2.24. The molecule has 1 aliphatic rings. The van der Waals surface area contributed by atoms with Crippen molar-refractivity contribution in [2.75, 3.05) is 47.5 Å². The molecule has 0 saturated carbocycles. The average Bonchev–Trinajstić information content (AvgIpc) is 3.04. The quantitative estimate of drug-likeness (QED) is 0.750. The molecular formula is C20H27N3O5. The van der Waals surface area contributed by atoms with Crippen molar-refractivity contribution in [3.8, 4) is 17.2 Å². The summed E-state index contributed by atoms with van der Waals surface area (Å²) in [6.45, 7) is 7.56. The summed E-state index contributed by atoms with van der Waals surface area (Å²) in [6.07, 6.45) is 0. The van der Waals surface area contributed by atoms with Crippen LogP contribution in [-0.2, 0) is 6.54 Å². The number of nitrogens with zero attached hydrogens (tertiary/aromatic N) is 3. The second-order valence-electron chi connectivity index (χ2n) is 6.79. The van der Waals surface area contributed by atoms with E-state index in [1.165, 1.54) is 0 Å². The zero-order valence-corrected chi connectivity index (χ0v) is 17.1. The molecule has 0 bridgehead atoms. The minimum absolute atomic E-state index is 0.0451. The number of benzene rings is 1. The molecule has 3 rings (SSSR count). The monoisotopic (exact) mass is 389 g/mol. The molecule has 1 fully saturated rings. The zero-order chi connectivity index (χ0) is 20.3. The third kappa shape index (κ3) is 3.91. The molecule has 0 aliphatic carbocycles. The van der Waals surface area contributed by atoms with Crippen molar-refractivity contribution in [2.45, 2.75) is 20.4 Å². The van der Waals surface area contributed by atoms with E-state index in [4.69, 9.17) is 18.7 Å². The molecule has 8 heteroatoms. The molecule has 0 N–H and O–H groups in total. The number of rotatable bonds is 6. The Morgan fingerprint density at radius 2 is 1.64 bits per heavy atom. The molecule has 1 aromatic heterocycles. The summed E-state index contributed by atoms with van der Waals surface area (Å²) >= 11 is 0. The first-order chi connectivity index (χ1) is 13.5. The van der Waals surface area contributed by atoms with Crippen LogP contribution in [0, 0.1) is 13.8 Å². The van der Waals surface area contributed by atoms with Crippen molar-refractivity contribution in [1.29, 1.82) is 0 Å². The van der Waals surface area contributed by atoms with Gasteiger partial charge in [0, 0.05) is 43.9 Å². The van der Waals surface area contributed by atoms with E-state index >= 15 is 0 Å². The molecule has 1 amide bonds. The van der Waals surface area contributed by atoms with Crippen molar-refractivity contribution in [2.24, 2.45) is 0 Å². The van der Waals surface area contributed by atoms with Crippen LogP contribution in [0.3, 0.4) is 0 Å². The Hall–Kier alpha value is -2.74. The van der Waals surface area contributed by atoms with Crippen molar-refractivity contribution >= 4 is 5.91 Å². The minimum atomic E-state index is -0.0451. The molecule has 0 atom stereocenters. The number of carbonyl (C=O) groups excluding carboxylic acids is 1. The fraction of sp³-hybridized carbons (Fsp3) is 0.500. The van der Waals surface area contributed by atoms with Gasteiger partial charge >= 0.3 is 0 Å². The highest BCUT2D eigenvalue weighted by Gasteiger charge is 2.25. The number of amides is 1. The number of methoxy groups -OCH3 is 3. The molecule has 8 nitrogen and oxygen atoms in total. The van der Waals surface area contributed by atoms with Crippen LogP contribution < -0.4 is 14.2 Å². The molecule has 2 heterocycles. The first kappa shape index (κ1) is 20.0. The molecule has 0 spiro atoms. The lowest BCUT2D eigenvalue weighted by molar-refractivity contribution is 0.0626. The maximum Gasteiger partial charge on any atom is 0.254 e. The first-order valence-electron chi connectivity index (χ1n) is 9.21. The first-order valence-corrected chi connectivity index (χ1v) is 9.21. The molecule has 0 unspecified atom stereocenters. The van der Waals surface area contributed by atoms with Crippen molar-refractivity contribution in [3.63, 3.8) is 0 Å². The number of carbonyl (C=O) groups is 1. The van der Waals surface area contributed by atoms with E-state index in [1.54, 1.807) is 33.5 Å². The summed E-state index contributed by atoms with van der Waals surface area (Å²) in [7, 11) is 4.62. The number of ether oxygens (including phenoxy) is 3. The van der Waals surface area contributed by atoms with Crippen LogP contribution in [0.25, 0.3) is 0 Å². The lowest BCUT2D eigenvalue weighted by Crippen LogP contribution is -2.48. The Kier molecular flexibility index (Phi) is 6.08. The normalized spacial score (nSPS) is 14.8. The summed E-state index contributed by atoms with van der Waals surface area (Å²) in [5, 5.41) is 4.01. The number of piperazine rings is 1. The predicted octanol–water partition coefficient (Wildman–Crippen LogP) is 2.28. The standard InChI is InChI=1S/C20H27N3O5/c1-13-16(14(2)28-21-13)12-22-6-8-23(9-7-22)20(24)15-10-17(25-3)19(27-5)18(11-15)26-4/h10-11H,6-9,12H2,1-5H3. The maximum absolute atomic E-state index is 13.0. The van der Waals surface area contributed by atoms with E-state index in [1.807, 2.05) is 18.7 Å². The van der Waals surface area contributed by atoms with Gasteiger partial charge in [-0.2, -0.15) is 0 Å². The van der Waals surface area contributed by atoms with E-state index in [0.717, 1.165) is 36.7 Å². The van der Waals surface area contributed by atoms with Gasteiger partial charge in [-0.15, -0.1) is 0 Å². The maximum atomic E-state index is 13.0. The third-order valence-corrected chi connectivity index (χ3v) is 5.13. The molecule has 0 radical (unpaired) electrons. The molecule has 1 aromatic carbocycles. The summed E-state index contributed by atoms with van der Waals surface area (Å²) in [6, 6.07) is 3.39. The molecule has 28 heavy (non-hydrogen) atoms. The number of aryl methyl sites for hydroxylation is 2. The van der Waals surface area contributed by atoms with Gasteiger partial charge in [0.2, 0.25) is 5.75 Å². The predicted molar refractivity (Wildman–Crippen MR) is 103 cm³/mol. The van der Waals surface area contributed by atoms with Crippen molar-refractivity contribution < 1.29 is 23.5 Å².